The van der Waals surface area contributed by atoms with Crippen LogP contribution in [-0.2, 0) is 17.4 Å². The molecule has 1 aromatic heterocycles. The zero-order valence-corrected chi connectivity index (χ0v) is 14.0. The van der Waals surface area contributed by atoms with E-state index >= 15 is 0 Å². The number of nitrogens with zero attached hydrogens (tertiary/aromatic N) is 1. The van der Waals surface area contributed by atoms with E-state index in [2.05, 4.69) is 9.71 Å². The molecule has 1 N–H and O–H groups in total. The zero-order valence-electron chi connectivity index (χ0n) is 13.1. The summed E-state index contributed by atoms with van der Waals surface area (Å²) in [7, 11) is -1.81. The van der Waals surface area contributed by atoms with Gasteiger partial charge in [-0.3, -0.25) is 4.98 Å². The van der Waals surface area contributed by atoms with Gasteiger partial charge in [0.05, 0.1) is 21.2 Å². The Balaban J connectivity index is 2.24. The van der Waals surface area contributed by atoms with E-state index in [1.165, 1.54) is 0 Å². The molecule has 2 aromatic rings. The zero-order chi connectivity index (χ0) is 17.3. The van der Waals surface area contributed by atoms with Gasteiger partial charge >= 0.3 is 6.18 Å². The average Bonchev–Trinajstić information content (AvgIpc) is 2.44. The molecule has 1 unspecified atom stereocenters. The van der Waals surface area contributed by atoms with E-state index in [1.54, 1.807) is 45.0 Å². The minimum atomic E-state index is -4.51. The van der Waals surface area contributed by atoms with Gasteiger partial charge in [-0.1, -0.05) is 24.3 Å². The van der Waals surface area contributed by atoms with Gasteiger partial charge in [0, 0.05) is 17.5 Å². The lowest BCUT2D eigenvalue weighted by molar-refractivity contribution is -0.150. The Kier molecular flexibility index (Phi) is 5.10. The van der Waals surface area contributed by atoms with Gasteiger partial charge < -0.3 is 0 Å². The Morgan fingerprint density at radius 3 is 2.39 bits per heavy atom. The molecule has 2 rings (SSSR count). The average molecular weight is 344 g/mol. The summed E-state index contributed by atoms with van der Waals surface area (Å²) in [6.07, 6.45) is -4.87. The van der Waals surface area contributed by atoms with Crippen LogP contribution in [0.1, 0.15) is 26.5 Å². The second-order valence-electron chi connectivity index (χ2n) is 6.29. The van der Waals surface area contributed by atoms with Gasteiger partial charge in [-0.05, 0) is 32.9 Å². The summed E-state index contributed by atoms with van der Waals surface area (Å²) in [5, 5.41) is 0.867. The molecule has 0 amide bonds. The minimum Gasteiger partial charge on any atom is -0.253 e. The number of halogens is 3. The first-order valence-corrected chi connectivity index (χ1v) is 8.32. The summed E-state index contributed by atoms with van der Waals surface area (Å²) in [6.45, 7) is 4.87. The van der Waals surface area contributed by atoms with Crippen LogP contribution in [0.3, 0.4) is 0 Å². The van der Waals surface area contributed by atoms with Crippen molar-refractivity contribution in [1.29, 1.82) is 0 Å². The van der Waals surface area contributed by atoms with Gasteiger partial charge in [0.15, 0.2) is 0 Å². The molecule has 0 radical (unpaired) electrons. The van der Waals surface area contributed by atoms with Gasteiger partial charge in [-0.2, -0.15) is 13.2 Å². The molecular formula is C16H19F3N2OS. The highest BCUT2D eigenvalue weighted by molar-refractivity contribution is 7.84. The van der Waals surface area contributed by atoms with E-state index in [0.29, 0.717) is 11.2 Å². The number of hydrogen-bond acceptors (Lipinski definition) is 2. The SMILES string of the molecule is CC(C)(C)S(=O)N[C@@H](Cc1ccc2ccccc2n1)C(F)(F)F. The molecule has 0 spiro atoms. The molecule has 1 heterocycles. The van der Waals surface area contributed by atoms with E-state index in [0.717, 1.165) is 5.39 Å². The van der Waals surface area contributed by atoms with Gasteiger partial charge in [-0.25, -0.2) is 8.93 Å². The summed E-state index contributed by atoms with van der Waals surface area (Å²) in [5.41, 5.74) is 0.951. The molecule has 0 aliphatic carbocycles. The van der Waals surface area contributed by atoms with Crippen molar-refractivity contribution in [3.8, 4) is 0 Å². The van der Waals surface area contributed by atoms with Crippen molar-refractivity contribution in [2.45, 2.75) is 44.2 Å². The van der Waals surface area contributed by atoms with Crippen molar-refractivity contribution in [1.82, 2.24) is 9.71 Å². The van der Waals surface area contributed by atoms with Crippen LogP contribution in [0.25, 0.3) is 10.9 Å². The number of fused-ring (bicyclic) bond motifs is 1. The smallest absolute Gasteiger partial charge is 0.253 e. The first kappa shape index (κ1) is 17.9. The van der Waals surface area contributed by atoms with Crippen LogP contribution in [0.5, 0.6) is 0 Å². The molecule has 1 aromatic carbocycles. The highest BCUT2D eigenvalue weighted by Crippen LogP contribution is 2.25. The predicted octanol–water partition coefficient (Wildman–Crippen LogP) is 3.76. The lowest BCUT2D eigenvalue weighted by atomic mass is 10.1. The first-order valence-electron chi connectivity index (χ1n) is 7.17. The van der Waals surface area contributed by atoms with Crippen molar-refractivity contribution in [2.24, 2.45) is 0 Å². The van der Waals surface area contributed by atoms with E-state index < -0.39 is 28.0 Å². The number of rotatable bonds is 4. The standard InChI is InChI=1S/C16H19F3N2OS/c1-15(2,3)23(22)21-14(16(17,18)19)10-12-9-8-11-6-4-5-7-13(11)20-12/h4-9,14,21H,10H2,1-3H3/t14-,23?/m0/s1. The molecule has 0 aliphatic rings. The van der Waals surface area contributed by atoms with Crippen LogP contribution in [0, 0.1) is 0 Å². The fraction of sp³-hybridized carbons (Fsp3) is 0.438. The number of para-hydroxylation sites is 1. The Morgan fingerprint density at radius 1 is 1.13 bits per heavy atom. The van der Waals surface area contributed by atoms with Crippen LogP contribution in [-0.4, -0.2) is 26.2 Å². The van der Waals surface area contributed by atoms with Crippen molar-refractivity contribution in [3.63, 3.8) is 0 Å². The molecule has 2 atom stereocenters. The normalized spacial score (nSPS) is 15.6. The highest BCUT2D eigenvalue weighted by atomic mass is 32.2. The molecule has 0 saturated carbocycles. The number of alkyl halides is 3. The van der Waals surface area contributed by atoms with E-state index in [-0.39, 0.29) is 6.42 Å². The Hall–Kier alpha value is -1.47. The quantitative estimate of drug-likeness (QED) is 0.918. The summed E-state index contributed by atoms with van der Waals surface area (Å²) in [6, 6.07) is 8.64. The van der Waals surface area contributed by atoms with Gasteiger partial charge in [0.1, 0.15) is 6.04 Å². The van der Waals surface area contributed by atoms with E-state index in [9.17, 15) is 17.4 Å². The van der Waals surface area contributed by atoms with Crippen LogP contribution >= 0.6 is 0 Å². The van der Waals surface area contributed by atoms with Crippen LogP contribution in [0.15, 0.2) is 36.4 Å². The topological polar surface area (TPSA) is 42.0 Å². The summed E-state index contributed by atoms with van der Waals surface area (Å²) >= 11 is 0. The number of nitrogens with one attached hydrogen (secondary N) is 1. The fourth-order valence-corrected chi connectivity index (χ4v) is 2.79. The maximum Gasteiger partial charge on any atom is 0.405 e. The van der Waals surface area contributed by atoms with E-state index in [4.69, 9.17) is 0 Å². The maximum absolute atomic E-state index is 13.2. The number of hydrogen-bond donors (Lipinski definition) is 1. The van der Waals surface area contributed by atoms with Crippen LogP contribution < -0.4 is 4.72 Å². The fourth-order valence-electron chi connectivity index (χ4n) is 1.96. The second-order valence-corrected chi connectivity index (χ2v) is 8.29. The molecule has 0 saturated heterocycles. The highest BCUT2D eigenvalue weighted by Gasteiger charge is 2.42. The number of aromatic nitrogens is 1. The van der Waals surface area contributed by atoms with Crippen molar-refractivity contribution < 1.29 is 17.4 Å². The molecule has 126 valence electrons. The van der Waals surface area contributed by atoms with Crippen molar-refractivity contribution in [3.05, 3.63) is 42.1 Å². The van der Waals surface area contributed by atoms with Gasteiger partial charge in [0.2, 0.25) is 0 Å². The first-order chi connectivity index (χ1) is 10.6. The molecular weight excluding hydrogens is 325 g/mol. The summed E-state index contributed by atoms with van der Waals surface area (Å²) in [4.78, 5) is 4.26. The third kappa shape index (κ3) is 4.75. The van der Waals surface area contributed by atoms with E-state index in [1.807, 2.05) is 12.1 Å². The second kappa shape index (κ2) is 6.57. The van der Waals surface area contributed by atoms with Crippen molar-refractivity contribution in [2.75, 3.05) is 0 Å². The molecule has 3 nitrogen and oxygen atoms in total. The molecule has 0 aliphatic heterocycles. The summed E-state index contributed by atoms with van der Waals surface area (Å²) in [5.74, 6) is 0. The minimum absolute atomic E-state index is 0.310. The maximum atomic E-state index is 13.2. The number of benzene rings is 1. The summed E-state index contributed by atoms with van der Waals surface area (Å²) < 4.78 is 53.2. The number of pyridine rings is 1. The third-order valence-corrected chi connectivity index (χ3v) is 4.88. The lowest BCUT2D eigenvalue weighted by Gasteiger charge is -2.25. The molecule has 0 fully saturated rings. The molecule has 0 bridgehead atoms. The largest absolute Gasteiger partial charge is 0.405 e. The van der Waals surface area contributed by atoms with Crippen molar-refractivity contribution >= 4 is 21.9 Å². The van der Waals surface area contributed by atoms with Crippen LogP contribution in [0.4, 0.5) is 13.2 Å². The molecule has 23 heavy (non-hydrogen) atoms. The lowest BCUT2D eigenvalue weighted by Crippen LogP contribution is -2.48. The molecule has 7 heteroatoms. The van der Waals surface area contributed by atoms with Gasteiger partial charge in [-0.15, -0.1) is 0 Å². The monoisotopic (exact) mass is 344 g/mol. The van der Waals surface area contributed by atoms with Gasteiger partial charge in [0.25, 0.3) is 0 Å². The predicted molar refractivity (Wildman–Crippen MR) is 86.3 cm³/mol. The third-order valence-electron chi connectivity index (χ3n) is 3.27. The Bertz CT molecular complexity index is 710. The van der Waals surface area contributed by atoms with Crippen LogP contribution in [0.2, 0.25) is 0 Å². The Morgan fingerprint density at radius 2 is 1.78 bits per heavy atom. The Labute approximate surface area is 135 Å².